The molecule has 1 aromatic rings. The van der Waals surface area contributed by atoms with Crippen molar-refractivity contribution in [2.75, 3.05) is 26.2 Å². The van der Waals surface area contributed by atoms with E-state index in [1.54, 1.807) is 0 Å². The first-order valence-corrected chi connectivity index (χ1v) is 8.59. The zero-order valence-corrected chi connectivity index (χ0v) is 14.0. The molecule has 126 valence electrons. The molecule has 0 spiro atoms. The lowest BCUT2D eigenvalue weighted by molar-refractivity contribution is -0.133. The van der Waals surface area contributed by atoms with Gasteiger partial charge in [-0.05, 0) is 57.5 Å². The van der Waals surface area contributed by atoms with Gasteiger partial charge in [-0.2, -0.15) is 0 Å². The van der Waals surface area contributed by atoms with Crippen LogP contribution in [0.1, 0.15) is 26.7 Å². The summed E-state index contributed by atoms with van der Waals surface area (Å²) in [5, 5.41) is 3.05. The number of benzene rings is 1. The number of ether oxygens (including phenoxy) is 2. The molecule has 5 heteroatoms. The normalized spacial score (nSPS) is 25.1. The number of para-hydroxylation sites is 2. The fourth-order valence-corrected chi connectivity index (χ4v) is 3.26. The predicted octanol–water partition coefficient (Wildman–Crippen LogP) is 2.06. The van der Waals surface area contributed by atoms with E-state index in [2.05, 4.69) is 17.1 Å². The van der Waals surface area contributed by atoms with Gasteiger partial charge in [0.05, 0.1) is 0 Å². The van der Waals surface area contributed by atoms with Crippen LogP contribution in [-0.4, -0.2) is 49.2 Å². The van der Waals surface area contributed by atoms with Gasteiger partial charge in [-0.1, -0.05) is 19.1 Å². The molecule has 0 saturated carbocycles. The summed E-state index contributed by atoms with van der Waals surface area (Å²) in [6, 6.07) is 7.48. The van der Waals surface area contributed by atoms with E-state index in [0.717, 1.165) is 39.0 Å². The van der Waals surface area contributed by atoms with Gasteiger partial charge in [-0.3, -0.25) is 4.79 Å². The Morgan fingerprint density at radius 1 is 1.22 bits per heavy atom. The summed E-state index contributed by atoms with van der Waals surface area (Å²) in [4.78, 5) is 14.9. The Morgan fingerprint density at radius 3 is 2.52 bits per heavy atom. The number of nitrogens with zero attached hydrogens (tertiary/aromatic N) is 1. The molecule has 23 heavy (non-hydrogen) atoms. The summed E-state index contributed by atoms with van der Waals surface area (Å²) in [7, 11) is 0. The molecule has 1 N–H and O–H groups in total. The molecule has 0 unspecified atom stereocenters. The second kappa shape index (κ2) is 7.21. The number of carbonyl (C=O) groups excluding carboxylic acids is 1. The maximum absolute atomic E-state index is 12.5. The summed E-state index contributed by atoms with van der Waals surface area (Å²) in [5.74, 6) is 1.83. The standard InChI is InChI=1S/C18H26N2O3/c1-3-20-10-8-14(9-11-20)12-19-18(21)17-13(2)22-15-6-4-5-7-16(15)23-17/h4-7,13-14,17H,3,8-12H2,1-2H3,(H,19,21)/t13-,17+/m0/s1. The molecular weight excluding hydrogens is 292 g/mol. The first kappa shape index (κ1) is 16.1. The number of rotatable bonds is 4. The van der Waals surface area contributed by atoms with Crippen molar-refractivity contribution >= 4 is 5.91 Å². The van der Waals surface area contributed by atoms with E-state index in [-0.39, 0.29) is 12.0 Å². The summed E-state index contributed by atoms with van der Waals surface area (Å²) in [6.07, 6.45) is 1.43. The number of amides is 1. The van der Waals surface area contributed by atoms with Crippen LogP contribution in [-0.2, 0) is 4.79 Å². The van der Waals surface area contributed by atoms with Crippen LogP contribution in [0.5, 0.6) is 11.5 Å². The monoisotopic (exact) mass is 318 g/mol. The fraction of sp³-hybridized carbons (Fsp3) is 0.611. The lowest BCUT2D eigenvalue weighted by atomic mass is 9.96. The third kappa shape index (κ3) is 3.78. The molecule has 5 nitrogen and oxygen atoms in total. The second-order valence-electron chi connectivity index (χ2n) is 6.43. The predicted molar refractivity (Wildman–Crippen MR) is 88.8 cm³/mol. The molecule has 0 bridgehead atoms. The summed E-state index contributed by atoms with van der Waals surface area (Å²) < 4.78 is 11.6. The van der Waals surface area contributed by atoms with Crippen LogP contribution in [0.3, 0.4) is 0 Å². The Morgan fingerprint density at radius 2 is 1.87 bits per heavy atom. The molecule has 1 saturated heterocycles. The molecule has 0 aliphatic carbocycles. The van der Waals surface area contributed by atoms with Gasteiger partial charge in [0.15, 0.2) is 11.5 Å². The first-order chi connectivity index (χ1) is 11.2. The second-order valence-corrected chi connectivity index (χ2v) is 6.43. The SMILES string of the molecule is CCN1CCC(CNC(=O)[C@@H]2Oc3ccccc3O[C@H]2C)CC1. The number of likely N-dealkylation sites (tertiary alicyclic amines) is 1. The Labute approximate surface area is 137 Å². The Hall–Kier alpha value is -1.75. The number of fused-ring (bicyclic) bond motifs is 1. The third-order valence-electron chi connectivity index (χ3n) is 4.82. The van der Waals surface area contributed by atoms with Crippen molar-refractivity contribution in [1.29, 1.82) is 0 Å². The van der Waals surface area contributed by atoms with Crippen LogP contribution in [0.15, 0.2) is 24.3 Å². The number of carbonyl (C=O) groups is 1. The minimum atomic E-state index is -0.583. The average Bonchev–Trinajstić information content (AvgIpc) is 2.59. The number of hydrogen-bond donors (Lipinski definition) is 1. The highest BCUT2D eigenvalue weighted by molar-refractivity contribution is 5.82. The molecule has 0 radical (unpaired) electrons. The van der Waals surface area contributed by atoms with Crippen molar-refractivity contribution in [2.45, 2.75) is 38.9 Å². The van der Waals surface area contributed by atoms with E-state index in [9.17, 15) is 4.79 Å². The van der Waals surface area contributed by atoms with Gasteiger partial charge in [0.1, 0.15) is 6.10 Å². The number of nitrogens with one attached hydrogen (secondary N) is 1. The van der Waals surface area contributed by atoms with Crippen LogP contribution in [0.25, 0.3) is 0 Å². The summed E-state index contributed by atoms with van der Waals surface area (Å²) in [5.41, 5.74) is 0. The summed E-state index contributed by atoms with van der Waals surface area (Å²) in [6.45, 7) is 8.17. The van der Waals surface area contributed by atoms with Gasteiger partial charge < -0.3 is 19.7 Å². The molecule has 2 atom stereocenters. The minimum absolute atomic E-state index is 0.0788. The van der Waals surface area contributed by atoms with E-state index < -0.39 is 6.10 Å². The zero-order chi connectivity index (χ0) is 16.2. The van der Waals surface area contributed by atoms with Crippen LogP contribution < -0.4 is 14.8 Å². The van der Waals surface area contributed by atoms with E-state index in [1.807, 2.05) is 31.2 Å². The maximum atomic E-state index is 12.5. The lowest BCUT2D eigenvalue weighted by Crippen LogP contribution is -2.50. The van der Waals surface area contributed by atoms with E-state index >= 15 is 0 Å². The van der Waals surface area contributed by atoms with E-state index in [0.29, 0.717) is 17.4 Å². The van der Waals surface area contributed by atoms with Crippen molar-refractivity contribution < 1.29 is 14.3 Å². The van der Waals surface area contributed by atoms with Crippen molar-refractivity contribution in [3.8, 4) is 11.5 Å². The largest absolute Gasteiger partial charge is 0.482 e. The average molecular weight is 318 g/mol. The molecule has 2 aliphatic heterocycles. The lowest BCUT2D eigenvalue weighted by Gasteiger charge is -2.33. The molecule has 1 fully saturated rings. The topological polar surface area (TPSA) is 50.8 Å². The van der Waals surface area contributed by atoms with Gasteiger partial charge >= 0.3 is 0 Å². The highest BCUT2D eigenvalue weighted by Gasteiger charge is 2.34. The van der Waals surface area contributed by atoms with Crippen molar-refractivity contribution in [3.05, 3.63) is 24.3 Å². The minimum Gasteiger partial charge on any atom is -0.482 e. The highest BCUT2D eigenvalue weighted by Crippen LogP contribution is 2.33. The van der Waals surface area contributed by atoms with Gasteiger partial charge in [0, 0.05) is 6.54 Å². The molecule has 3 rings (SSSR count). The molecule has 2 heterocycles. The third-order valence-corrected chi connectivity index (χ3v) is 4.82. The smallest absolute Gasteiger partial charge is 0.265 e. The quantitative estimate of drug-likeness (QED) is 0.923. The maximum Gasteiger partial charge on any atom is 0.265 e. The van der Waals surface area contributed by atoms with Gasteiger partial charge in [0.2, 0.25) is 6.10 Å². The molecule has 2 aliphatic rings. The molecule has 1 aromatic carbocycles. The number of hydrogen-bond acceptors (Lipinski definition) is 4. The zero-order valence-electron chi connectivity index (χ0n) is 14.0. The van der Waals surface area contributed by atoms with E-state index in [1.165, 1.54) is 0 Å². The van der Waals surface area contributed by atoms with Crippen molar-refractivity contribution in [3.63, 3.8) is 0 Å². The summed E-state index contributed by atoms with van der Waals surface area (Å²) >= 11 is 0. The van der Waals surface area contributed by atoms with E-state index in [4.69, 9.17) is 9.47 Å². The molecule has 0 aromatic heterocycles. The van der Waals surface area contributed by atoms with Gasteiger partial charge in [-0.25, -0.2) is 0 Å². The Bertz CT molecular complexity index is 541. The van der Waals surface area contributed by atoms with Gasteiger partial charge in [-0.15, -0.1) is 0 Å². The van der Waals surface area contributed by atoms with Crippen molar-refractivity contribution in [1.82, 2.24) is 10.2 Å². The highest BCUT2D eigenvalue weighted by atomic mass is 16.6. The number of piperidine rings is 1. The Kier molecular flexibility index (Phi) is 5.06. The van der Waals surface area contributed by atoms with Crippen LogP contribution in [0.4, 0.5) is 0 Å². The van der Waals surface area contributed by atoms with Crippen LogP contribution >= 0.6 is 0 Å². The molecular formula is C18H26N2O3. The van der Waals surface area contributed by atoms with Gasteiger partial charge in [0.25, 0.3) is 5.91 Å². The molecule has 1 amide bonds. The van der Waals surface area contributed by atoms with Crippen LogP contribution in [0, 0.1) is 5.92 Å². The fourth-order valence-electron chi connectivity index (χ4n) is 3.26. The Balaban J connectivity index is 1.51. The van der Waals surface area contributed by atoms with Crippen LogP contribution in [0.2, 0.25) is 0 Å². The van der Waals surface area contributed by atoms with Crippen molar-refractivity contribution in [2.24, 2.45) is 5.92 Å². The first-order valence-electron chi connectivity index (χ1n) is 8.59.